The molecule has 0 bridgehead atoms. The van der Waals surface area contributed by atoms with Crippen molar-refractivity contribution in [2.24, 2.45) is 5.92 Å². The first-order valence-electron chi connectivity index (χ1n) is 6.63. The van der Waals surface area contributed by atoms with Crippen LogP contribution in [0.4, 0.5) is 0 Å². The van der Waals surface area contributed by atoms with Crippen molar-refractivity contribution in [2.75, 3.05) is 6.54 Å². The monoisotopic (exact) mass is 211 g/mol. The lowest BCUT2D eigenvalue weighted by Crippen LogP contribution is -2.42. The summed E-state index contributed by atoms with van der Waals surface area (Å²) >= 11 is 0. The van der Waals surface area contributed by atoms with Crippen LogP contribution in [0.15, 0.2) is 0 Å². The normalized spacial score (nSPS) is 38.4. The van der Waals surface area contributed by atoms with Crippen LogP contribution in [0.5, 0.6) is 0 Å². The molecule has 1 saturated carbocycles. The van der Waals surface area contributed by atoms with Gasteiger partial charge in [-0.1, -0.05) is 12.8 Å². The van der Waals surface area contributed by atoms with E-state index < -0.39 is 0 Å². The number of hydrogen-bond donors (Lipinski definition) is 1. The van der Waals surface area contributed by atoms with E-state index in [4.69, 9.17) is 4.74 Å². The third-order valence-electron chi connectivity index (χ3n) is 3.87. The van der Waals surface area contributed by atoms with Crippen LogP contribution in [-0.2, 0) is 4.74 Å². The van der Waals surface area contributed by atoms with E-state index in [-0.39, 0.29) is 0 Å². The SMILES string of the molecule is CC1CC(NCC2CCCC2)CC(C)O1. The number of rotatable bonds is 3. The van der Waals surface area contributed by atoms with Gasteiger partial charge < -0.3 is 10.1 Å². The van der Waals surface area contributed by atoms with Crippen LogP contribution < -0.4 is 5.32 Å². The Balaban J connectivity index is 1.69. The number of hydrogen-bond acceptors (Lipinski definition) is 2. The Morgan fingerprint density at radius 3 is 2.27 bits per heavy atom. The average molecular weight is 211 g/mol. The predicted molar refractivity (Wildman–Crippen MR) is 63.0 cm³/mol. The van der Waals surface area contributed by atoms with Crippen molar-refractivity contribution >= 4 is 0 Å². The molecule has 0 aromatic rings. The smallest absolute Gasteiger partial charge is 0.0565 e. The molecule has 2 nitrogen and oxygen atoms in total. The van der Waals surface area contributed by atoms with E-state index in [9.17, 15) is 0 Å². The molecule has 2 heteroatoms. The molecule has 0 radical (unpaired) electrons. The van der Waals surface area contributed by atoms with E-state index >= 15 is 0 Å². The molecule has 88 valence electrons. The molecule has 2 atom stereocenters. The van der Waals surface area contributed by atoms with Crippen LogP contribution >= 0.6 is 0 Å². The van der Waals surface area contributed by atoms with Crippen LogP contribution in [0.1, 0.15) is 52.4 Å². The van der Waals surface area contributed by atoms with Gasteiger partial charge in [-0.3, -0.25) is 0 Å². The Labute approximate surface area is 93.8 Å². The number of nitrogens with one attached hydrogen (secondary N) is 1. The van der Waals surface area contributed by atoms with E-state index in [1.54, 1.807) is 0 Å². The minimum Gasteiger partial charge on any atom is -0.375 e. The minimum absolute atomic E-state index is 0.440. The van der Waals surface area contributed by atoms with Gasteiger partial charge >= 0.3 is 0 Å². The third-order valence-corrected chi connectivity index (χ3v) is 3.87. The molecule has 15 heavy (non-hydrogen) atoms. The second-order valence-electron chi connectivity index (χ2n) is 5.48. The van der Waals surface area contributed by atoms with Crippen molar-refractivity contribution < 1.29 is 4.74 Å². The molecule has 2 fully saturated rings. The minimum atomic E-state index is 0.440. The molecule has 1 aliphatic heterocycles. The lowest BCUT2D eigenvalue weighted by atomic mass is 9.99. The molecule has 0 spiro atoms. The molecule has 0 aromatic carbocycles. The summed E-state index contributed by atoms with van der Waals surface area (Å²) in [6.45, 7) is 5.63. The van der Waals surface area contributed by atoms with Gasteiger partial charge in [0.25, 0.3) is 0 Å². The third kappa shape index (κ3) is 3.46. The highest BCUT2D eigenvalue weighted by Gasteiger charge is 2.25. The number of ether oxygens (including phenoxy) is 1. The van der Waals surface area contributed by atoms with E-state index in [2.05, 4.69) is 19.2 Å². The lowest BCUT2D eigenvalue weighted by molar-refractivity contribution is -0.0424. The molecular weight excluding hydrogens is 186 g/mol. The van der Waals surface area contributed by atoms with Gasteiger partial charge in [0, 0.05) is 6.04 Å². The summed E-state index contributed by atoms with van der Waals surface area (Å²) in [6, 6.07) is 0.698. The fraction of sp³-hybridized carbons (Fsp3) is 1.00. The maximum absolute atomic E-state index is 5.75. The largest absolute Gasteiger partial charge is 0.375 e. The predicted octanol–water partition coefficient (Wildman–Crippen LogP) is 2.72. The maximum atomic E-state index is 5.75. The van der Waals surface area contributed by atoms with Gasteiger partial charge in [0.15, 0.2) is 0 Å². The van der Waals surface area contributed by atoms with E-state index in [0.717, 1.165) is 5.92 Å². The first kappa shape index (κ1) is 11.4. The van der Waals surface area contributed by atoms with Gasteiger partial charge in [0.1, 0.15) is 0 Å². The lowest BCUT2D eigenvalue weighted by Gasteiger charge is -2.33. The van der Waals surface area contributed by atoms with E-state index in [0.29, 0.717) is 18.2 Å². The standard InChI is InChI=1S/C13H25NO/c1-10-7-13(8-11(2)15-10)14-9-12-5-3-4-6-12/h10-14H,3-9H2,1-2H3. The zero-order valence-electron chi connectivity index (χ0n) is 10.2. The highest BCUT2D eigenvalue weighted by Crippen LogP contribution is 2.25. The second kappa shape index (κ2) is 5.31. The summed E-state index contributed by atoms with van der Waals surface area (Å²) in [7, 11) is 0. The summed E-state index contributed by atoms with van der Waals surface area (Å²) < 4.78 is 5.75. The quantitative estimate of drug-likeness (QED) is 0.775. The van der Waals surface area contributed by atoms with Gasteiger partial charge in [0.2, 0.25) is 0 Å². The van der Waals surface area contributed by atoms with Crippen LogP contribution in [0.3, 0.4) is 0 Å². The van der Waals surface area contributed by atoms with E-state index in [1.807, 2.05) is 0 Å². The fourth-order valence-corrected chi connectivity index (χ4v) is 3.12. The van der Waals surface area contributed by atoms with Crippen molar-refractivity contribution in [1.82, 2.24) is 5.32 Å². The molecule has 1 aliphatic carbocycles. The molecular formula is C13H25NO. The summed E-state index contributed by atoms with van der Waals surface area (Å²) in [5.74, 6) is 0.957. The highest BCUT2D eigenvalue weighted by atomic mass is 16.5. The molecule has 2 unspecified atom stereocenters. The van der Waals surface area contributed by atoms with E-state index in [1.165, 1.54) is 45.1 Å². The molecule has 2 aliphatic rings. The van der Waals surface area contributed by atoms with Crippen LogP contribution in [-0.4, -0.2) is 24.8 Å². The molecule has 0 aromatic heterocycles. The van der Waals surface area contributed by atoms with Gasteiger partial charge in [-0.15, -0.1) is 0 Å². The Bertz CT molecular complexity index is 179. The van der Waals surface area contributed by atoms with Gasteiger partial charge in [-0.05, 0) is 52.0 Å². The topological polar surface area (TPSA) is 21.3 Å². The molecule has 1 saturated heterocycles. The van der Waals surface area contributed by atoms with Crippen LogP contribution in [0, 0.1) is 5.92 Å². The average Bonchev–Trinajstić information content (AvgIpc) is 2.65. The summed E-state index contributed by atoms with van der Waals surface area (Å²) in [5, 5.41) is 3.74. The van der Waals surface area contributed by atoms with Crippen molar-refractivity contribution in [1.29, 1.82) is 0 Å². The first-order valence-corrected chi connectivity index (χ1v) is 6.63. The zero-order valence-corrected chi connectivity index (χ0v) is 10.2. The van der Waals surface area contributed by atoms with Crippen molar-refractivity contribution in [2.45, 2.75) is 70.6 Å². The fourth-order valence-electron chi connectivity index (χ4n) is 3.12. The van der Waals surface area contributed by atoms with Crippen molar-refractivity contribution in [3.63, 3.8) is 0 Å². The summed E-state index contributed by atoms with van der Waals surface area (Å²) in [6.07, 6.45) is 9.06. The Morgan fingerprint density at radius 2 is 1.67 bits per heavy atom. The second-order valence-corrected chi connectivity index (χ2v) is 5.48. The van der Waals surface area contributed by atoms with Gasteiger partial charge in [-0.25, -0.2) is 0 Å². The Hall–Kier alpha value is -0.0800. The van der Waals surface area contributed by atoms with Gasteiger partial charge in [0.05, 0.1) is 12.2 Å². The van der Waals surface area contributed by atoms with Crippen LogP contribution in [0.2, 0.25) is 0 Å². The van der Waals surface area contributed by atoms with Crippen LogP contribution in [0.25, 0.3) is 0 Å². The summed E-state index contributed by atoms with van der Waals surface area (Å²) in [5.41, 5.74) is 0. The Morgan fingerprint density at radius 1 is 1.07 bits per heavy atom. The molecule has 2 rings (SSSR count). The molecule has 0 amide bonds. The maximum Gasteiger partial charge on any atom is 0.0565 e. The Kier molecular flexibility index (Phi) is 4.04. The zero-order chi connectivity index (χ0) is 10.7. The summed E-state index contributed by atoms with van der Waals surface area (Å²) in [4.78, 5) is 0. The first-order chi connectivity index (χ1) is 7.24. The molecule has 1 heterocycles. The molecule has 1 N–H and O–H groups in total. The van der Waals surface area contributed by atoms with Crippen molar-refractivity contribution in [3.8, 4) is 0 Å². The highest BCUT2D eigenvalue weighted by molar-refractivity contribution is 4.80. The van der Waals surface area contributed by atoms with Gasteiger partial charge in [-0.2, -0.15) is 0 Å². The van der Waals surface area contributed by atoms with Crippen molar-refractivity contribution in [3.05, 3.63) is 0 Å².